The minimum atomic E-state index is -1.28. The van der Waals surface area contributed by atoms with Gasteiger partial charge in [0, 0.05) is 17.9 Å². The Bertz CT molecular complexity index is 1320. The Balaban J connectivity index is 1.35. The first-order chi connectivity index (χ1) is 19.6. The van der Waals surface area contributed by atoms with Crippen LogP contribution in [-0.4, -0.2) is 53.6 Å². The lowest BCUT2D eigenvalue weighted by Gasteiger charge is -2.27. The van der Waals surface area contributed by atoms with Gasteiger partial charge in [-0.15, -0.1) is 0 Å². The summed E-state index contributed by atoms with van der Waals surface area (Å²) in [6.45, 7) is 6.89. The van der Waals surface area contributed by atoms with Gasteiger partial charge < -0.3 is 19.5 Å². The molecule has 2 atom stereocenters. The van der Waals surface area contributed by atoms with Gasteiger partial charge in [0.2, 0.25) is 0 Å². The Hall–Kier alpha value is -3.50. The molecular formula is C31H34N2O6S2. The van der Waals surface area contributed by atoms with E-state index in [0.29, 0.717) is 5.75 Å². The van der Waals surface area contributed by atoms with E-state index in [2.05, 4.69) is 22.4 Å². The van der Waals surface area contributed by atoms with Crippen LogP contribution < -0.4 is 5.32 Å². The largest absolute Gasteiger partial charge is 0.464 e. The summed E-state index contributed by atoms with van der Waals surface area (Å²) in [6.07, 6.45) is 0.898. The SMILES string of the molecule is CC(C(=O)OCCSSc1ccccn1)C(NC(=O)OCC1c2ccccc2-c2ccccc21)C(=O)OC(C)(C)C. The van der Waals surface area contributed by atoms with Crippen molar-refractivity contribution in [3.8, 4) is 11.1 Å². The third-order valence-electron chi connectivity index (χ3n) is 6.34. The second-order valence-electron chi connectivity index (χ2n) is 10.5. The lowest BCUT2D eigenvalue weighted by molar-refractivity contribution is -0.164. The number of aromatic nitrogens is 1. The third-order valence-corrected chi connectivity index (χ3v) is 8.57. The van der Waals surface area contributed by atoms with E-state index in [-0.39, 0.29) is 19.1 Å². The molecule has 0 saturated carbocycles. The highest BCUT2D eigenvalue weighted by atomic mass is 33.1. The van der Waals surface area contributed by atoms with Crippen molar-refractivity contribution >= 4 is 39.6 Å². The summed E-state index contributed by atoms with van der Waals surface area (Å²) in [4.78, 5) is 43.1. The number of hydrogen-bond acceptors (Lipinski definition) is 9. The monoisotopic (exact) mass is 594 g/mol. The molecule has 4 rings (SSSR count). The lowest BCUT2D eigenvalue weighted by Crippen LogP contribution is -2.50. The lowest BCUT2D eigenvalue weighted by atomic mass is 9.98. The van der Waals surface area contributed by atoms with Crippen LogP contribution in [-0.2, 0) is 23.8 Å². The van der Waals surface area contributed by atoms with Crippen LogP contribution in [0.25, 0.3) is 11.1 Å². The normalized spacial score (nSPS) is 13.9. The van der Waals surface area contributed by atoms with Gasteiger partial charge in [-0.25, -0.2) is 14.6 Å². The van der Waals surface area contributed by atoms with Crippen LogP contribution >= 0.6 is 21.6 Å². The molecular weight excluding hydrogens is 560 g/mol. The number of pyridine rings is 1. The van der Waals surface area contributed by atoms with Crippen molar-refractivity contribution in [1.82, 2.24) is 10.3 Å². The van der Waals surface area contributed by atoms with E-state index in [0.717, 1.165) is 27.3 Å². The van der Waals surface area contributed by atoms with E-state index < -0.39 is 35.6 Å². The van der Waals surface area contributed by atoms with Crippen LogP contribution in [0.5, 0.6) is 0 Å². The highest BCUT2D eigenvalue weighted by Crippen LogP contribution is 2.44. The van der Waals surface area contributed by atoms with Gasteiger partial charge in [-0.2, -0.15) is 0 Å². The number of rotatable bonds is 11. The molecule has 1 N–H and O–H groups in total. The number of nitrogens with zero attached hydrogens (tertiary/aromatic N) is 1. The van der Waals surface area contributed by atoms with E-state index >= 15 is 0 Å². The number of benzene rings is 2. The molecule has 10 heteroatoms. The Kier molecular flexibility index (Phi) is 10.3. The zero-order valence-corrected chi connectivity index (χ0v) is 25.1. The number of carbonyl (C=O) groups excluding carboxylic acids is 3. The fourth-order valence-electron chi connectivity index (χ4n) is 4.46. The number of carbonyl (C=O) groups is 3. The Morgan fingerprint density at radius 2 is 1.54 bits per heavy atom. The molecule has 41 heavy (non-hydrogen) atoms. The molecule has 2 unspecified atom stereocenters. The second-order valence-corrected chi connectivity index (χ2v) is 12.9. The van der Waals surface area contributed by atoms with Crippen molar-refractivity contribution < 1.29 is 28.6 Å². The Morgan fingerprint density at radius 1 is 0.902 bits per heavy atom. The molecule has 1 amide bonds. The summed E-state index contributed by atoms with van der Waals surface area (Å²) in [5.41, 5.74) is 3.54. The van der Waals surface area contributed by atoms with Crippen LogP contribution in [0.15, 0.2) is 78.0 Å². The first-order valence-electron chi connectivity index (χ1n) is 13.4. The van der Waals surface area contributed by atoms with Crippen molar-refractivity contribution in [2.75, 3.05) is 19.0 Å². The molecule has 0 bridgehead atoms. The Morgan fingerprint density at radius 3 is 2.15 bits per heavy atom. The number of amides is 1. The second kappa shape index (κ2) is 13.9. The summed E-state index contributed by atoms with van der Waals surface area (Å²) in [5.74, 6) is -1.98. The minimum absolute atomic E-state index is 0.0743. The van der Waals surface area contributed by atoms with Crippen LogP contribution in [0.4, 0.5) is 4.79 Å². The van der Waals surface area contributed by atoms with Gasteiger partial charge in [0.25, 0.3) is 0 Å². The van der Waals surface area contributed by atoms with E-state index in [9.17, 15) is 14.4 Å². The van der Waals surface area contributed by atoms with Crippen molar-refractivity contribution in [3.05, 3.63) is 84.1 Å². The maximum Gasteiger partial charge on any atom is 0.407 e. The molecule has 0 saturated heterocycles. The van der Waals surface area contributed by atoms with Gasteiger partial charge in [0.05, 0.1) is 5.92 Å². The molecule has 2 aromatic carbocycles. The van der Waals surface area contributed by atoms with Gasteiger partial charge in [0.1, 0.15) is 29.9 Å². The fourth-order valence-corrected chi connectivity index (χ4v) is 6.17. The zero-order chi connectivity index (χ0) is 29.4. The smallest absolute Gasteiger partial charge is 0.407 e. The number of fused-ring (bicyclic) bond motifs is 3. The van der Waals surface area contributed by atoms with Gasteiger partial charge in [-0.1, -0.05) is 65.4 Å². The van der Waals surface area contributed by atoms with Gasteiger partial charge in [-0.05, 0) is 72.9 Å². The molecule has 1 aliphatic carbocycles. The van der Waals surface area contributed by atoms with Crippen molar-refractivity contribution in [2.24, 2.45) is 5.92 Å². The van der Waals surface area contributed by atoms with Crippen molar-refractivity contribution in [3.63, 3.8) is 0 Å². The summed E-state index contributed by atoms with van der Waals surface area (Å²) in [6, 6.07) is 20.4. The van der Waals surface area contributed by atoms with Crippen LogP contribution in [0.1, 0.15) is 44.7 Å². The summed E-state index contributed by atoms with van der Waals surface area (Å²) < 4.78 is 16.5. The van der Waals surface area contributed by atoms with Gasteiger partial charge >= 0.3 is 18.0 Å². The van der Waals surface area contributed by atoms with Crippen molar-refractivity contribution in [1.29, 1.82) is 0 Å². The van der Waals surface area contributed by atoms with E-state index in [4.69, 9.17) is 14.2 Å². The highest BCUT2D eigenvalue weighted by molar-refractivity contribution is 8.76. The highest BCUT2D eigenvalue weighted by Gasteiger charge is 2.37. The molecule has 0 radical (unpaired) electrons. The molecule has 1 heterocycles. The Labute approximate surface area is 248 Å². The van der Waals surface area contributed by atoms with Crippen LogP contribution in [0, 0.1) is 5.92 Å². The first-order valence-corrected chi connectivity index (χ1v) is 15.7. The number of hydrogen-bond donors (Lipinski definition) is 1. The molecule has 216 valence electrons. The topological polar surface area (TPSA) is 104 Å². The molecule has 3 aromatic rings. The zero-order valence-electron chi connectivity index (χ0n) is 23.5. The van der Waals surface area contributed by atoms with Crippen LogP contribution in [0.2, 0.25) is 0 Å². The van der Waals surface area contributed by atoms with Gasteiger partial charge in [-0.3, -0.25) is 4.79 Å². The average Bonchev–Trinajstić information content (AvgIpc) is 3.27. The first kappa shape index (κ1) is 30.5. The number of ether oxygens (including phenoxy) is 3. The predicted octanol–water partition coefficient (Wildman–Crippen LogP) is 6.25. The summed E-state index contributed by atoms with van der Waals surface area (Å²) >= 11 is 0. The molecule has 0 aliphatic heterocycles. The third kappa shape index (κ3) is 8.27. The number of nitrogens with one attached hydrogen (secondary N) is 1. The van der Waals surface area contributed by atoms with E-state index in [1.165, 1.54) is 28.5 Å². The number of esters is 2. The molecule has 0 fully saturated rings. The number of alkyl carbamates (subject to hydrolysis) is 1. The standard InChI is InChI=1S/C31H34N2O6S2/c1-20(28(34)37-17-18-40-41-26-15-9-10-16-32-26)27(29(35)39-31(2,3)4)33-30(36)38-19-25-23-13-7-5-11-21(23)22-12-6-8-14-24(22)25/h5-16,20,25,27H,17-19H2,1-4H3,(H,33,36). The maximum absolute atomic E-state index is 13.0. The van der Waals surface area contributed by atoms with Gasteiger partial charge in [0.15, 0.2) is 0 Å². The minimum Gasteiger partial charge on any atom is -0.464 e. The average molecular weight is 595 g/mol. The quantitative estimate of drug-likeness (QED) is 0.119. The molecule has 1 aliphatic rings. The fraction of sp³-hybridized carbons (Fsp3) is 0.355. The molecule has 1 aromatic heterocycles. The predicted molar refractivity (Wildman–Crippen MR) is 161 cm³/mol. The molecule has 0 spiro atoms. The van der Waals surface area contributed by atoms with Crippen LogP contribution in [0.3, 0.4) is 0 Å². The maximum atomic E-state index is 13.0. The summed E-state index contributed by atoms with van der Waals surface area (Å²) in [7, 11) is 2.98. The van der Waals surface area contributed by atoms with E-state index in [1.807, 2.05) is 54.6 Å². The molecule has 8 nitrogen and oxygen atoms in total. The van der Waals surface area contributed by atoms with Crippen molar-refractivity contribution in [2.45, 2.75) is 50.3 Å². The van der Waals surface area contributed by atoms with E-state index in [1.54, 1.807) is 27.0 Å². The summed E-state index contributed by atoms with van der Waals surface area (Å²) in [5, 5.41) is 3.42.